The van der Waals surface area contributed by atoms with Crippen LogP contribution in [-0.4, -0.2) is 47.1 Å². The third-order valence-electron chi connectivity index (χ3n) is 4.48. The molecule has 2 aromatic carbocycles. The second kappa shape index (κ2) is 12.4. The zero-order chi connectivity index (χ0) is 23.5. The van der Waals surface area contributed by atoms with E-state index in [0.29, 0.717) is 40.9 Å². The Hall–Kier alpha value is -3.45. The molecule has 0 aliphatic carbocycles. The van der Waals surface area contributed by atoms with E-state index in [1.807, 2.05) is 19.9 Å². The van der Waals surface area contributed by atoms with Crippen LogP contribution < -0.4 is 23.7 Å². The molecule has 0 N–H and O–H groups in total. The van der Waals surface area contributed by atoms with Crippen molar-refractivity contribution in [1.82, 2.24) is 0 Å². The lowest BCUT2D eigenvalue weighted by molar-refractivity contribution is -0.110. The molecule has 0 fully saturated rings. The smallest absolute Gasteiger partial charge is 0.203 e. The summed E-state index contributed by atoms with van der Waals surface area (Å²) in [7, 11) is 6.18. The van der Waals surface area contributed by atoms with E-state index in [9.17, 15) is 4.79 Å². The minimum Gasteiger partial charge on any atom is -0.493 e. The van der Waals surface area contributed by atoms with Crippen molar-refractivity contribution in [2.24, 2.45) is 0 Å². The molecule has 1 unspecified atom stereocenters. The molecule has 0 aliphatic rings. The highest BCUT2D eigenvalue weighted by Gasteiger charge is 2.14. The van der Waals surface area contributed by atoms with E-state index in [0.717, 1.165) is 5.56 Å². The van der Waals surface area contributed by atoms with Crippen LogP contribution in [0.25, 0.3) is 12.2 Å². The zero-order valence-electron chi connectivity index (χ0n) is 19.3. The fourth-order valence-corrected chi connectivity index (χ4v) is 3.00. The second-order valence-corrected chi connectivity index (χ2v) is 6.54. The number of carbonyl (C=O) groups excluding carboxylic acids is 1. The zero-order valence-corrected chi connectivity index (χ0v) is 19.3. The molecule has 0 heterocycles. The van der Waals surface area contributed by atoms with Gasteiger partial charge in [0.1, 0.15) is 0 Å². The maximum Gasteiger partial charge on any atom is 0.203 e. The number of ether oxygens (including phenoxy) is 6. The Morgan fingerprint density at radius 1 is 0.844 bits per heavy atom. The predicted molar refractivity (Wildman–Crippen MR) is 124 cm³/mol. The van der Waals surface area contributed by atoms with Crippen molar-refractivity contribution in [3.8, 4) is 28.7 Å². The van der Waals surface area contributed by atoms with Crippen LogP contribution in [0.5, 0.6) is 28.7 Å². The summed E-state index contributed by atoms with van der Waals surface area (Å²) in [6.07, 6.45) is 5.88. The van der Waals surface area contributed by atoms with Gasteiger partial charge in [-0.1, -0.05) is 12.1 Å². The van der Waals surface area contributed by atoms with Crippen molar-refractivity contribution in [2.75, 3.05) is 35.0 Å². The van der Waals surface area contributed by atoms with Crippen LogP contribution in [0.3, 0.4) is 0 Å². The van der Waals surface area contributed by atoms with Crippen LogP contribution in [0.15, 0.2) is 42.5 Å². The van der Waals surface area contributed by atoms with Crippen molar-refractivity contribution in [3.63, 3.8) is 0 Å². The maximum atomic E-state index is 12.4. The first kappa shape index (κ1) is 24.8. The molecule has 0 spiro atoms. The lowest BCUT2D eigenvalue weighted by atomic mass is 10.1. The summed E-state index contributed by atoms with van der Waals surface area (Å²) < 4.78 is 32.6. The van der Waals surface area contributed by atoms with Gasteiger partial charge in [0.2, 0.25) is 5.75 Å². The Morgan fingerprint density at radius 3 is 2.12 bits per heavy atom. The molecule has 0 saturated heterocycles. The predicted octanol–water partition coefficient (Wildman–Crippen LogP) is 4.78. The monoisotopic (exact) mass is 442 g/mol. The Morgan fingerprint density at radius 2 is 1.50 bits per heavy atom. The summed E-state index contributed by atoms with van der Waals surface area (Å²) in [6, 6.07) is 8.95. The molecular weight excluding hydrogens is 412 g/mol. The first-order chi connectivity index (χ1) is 15.5. The van der Waals surface area contributed by atoms with Crippen molar-refractivity contribution >= 4 is 17.9 Å². The van der Waals surface area contributed by atoms with Gasteiger partial charge in [0.15, 0.2) is 35.1 Å². The minimum absolute atomic E-state index is 0.192. The van der Waals surface area contributed by atoms with E-state index in [-0.39, 0.29) is 5.78 Å². The average Bonchev–Trinajstić information content (AvgIpc) is 2.80. The highest BCUT2D eigenvalue weighted by Crippen LogP contribution is 2.40. The number of methoxy groups -OCH3 is 4. The highest BCUT2D eigenvalue weighted by molar-refractivity contribution is 6.04. The Bertz CT molecular complexity index is 963. The van der Waals surface area contributed by atoms with Gasteiger partial charge in [0.05, 0.1) is 28.4 Å². The fourth-order valence-electron chi connectivity index (χ4n) is 3.00. The van der Waals surface area contributed by atoms with Crippen LogP contribution >= 0.6 is 0 Å². The van der Waals surface area contributed by atoms with Crippen LogP contribution in [0, 0.1) is 0 Å². The quantitative estimate of drug-likeness (QED) is 0.346. The Kier molecular flexibility index (Phi) is 9.63. The SMILES string of the molecule is CCOC(C)Oc1cc(C=CC(=O)C=Cc2ccc(OC)c(OC)c2OC)ccc1OC. The van der Waals surface area contributed by atoms with Gasteiger partial charge in [-0.05, 0) is 61.9 Å². The van der Waals surface area contributed by atoms with E-state index in [4.69, 9.17) is 28.4 Å². The van der Waals surface area contributed by atoms with Crippen LogP contribution in [-0.2, 0) is 9.53 Å². The Labute approximate surface area is 189 Å². The largest absolute Gasteiger partial charge is 0.493 e. The molecule has 0 aliphatic heterocycles. The molecule has 2 rings (SSSR count). The normalized spacial score (nSPS) is 12.1. The summed E-state index contributed by atoms with van der Waals surface area (Å²) in [5, 5.41) is 0. The maximum absolute atomic E-state index is 12.4. The first-order valence-corrected chi connectivity index (χ1v) is 10.1. The molecule has 0 saturated carbocycles. The summed E-state index contributed by atoms with van der Waals surface area (Å²) >= 11 is 0. The van der Waals surface area contributed by atoms with Crippen molar-refractivity contribution < 1.29 is 33.2 Å². The van der Waals surface area contributed by atoms with Crippen molar-refractivity contribution in [2.45, 2.75) is 20.1 Å². The molecule has 0 radical (unpaired) electrons. The van der Waals surface area contributed by atoms with Crippen molar-refractivity contribution in [1.29, 1.82) is 0 Å². The standard InChI is InChI=1S/C25H30O7/c1-7-31-17(2)32-23-16-18(9-14-21(23)27-3)8-12-20(26)13-10-19-11-15-22(28-4)25(30-6)24(19)29-5/h8-17H,7H2,1-6H3. The number of rotatable bonds is 12. The van der Waals surface area contributed by atoms with E-state index < -0.39 is 6.29 Å². The molecule has 7 heteroatoms. The molecule has 1 atom stereocenters. The molecule has 32 heavy (non-hydrogen) atoms. The van der Waals surface area contributed by atoms with Crippen LogP contribution in [0.2, 0.25) is 0 Å². The average molecular weight is 443 g/mol. The Balaban J connectivity index is 2.18. The van der Waals surface area contributed by atoms with E-state index in [2.05, 4.69) is 0 Å². The van der Waals surface area contributed by atoms with Crippen LogP contribution in [0.1, 0.15) is 25.0 Å². The van der Waals surface area contributed by atoms with Gasteiger partial charge >= 0.3 is 0 Å². The topological polar surface area (TPSA) is 72.5 Å². The number of ketones is 1. The van der Waals surface area contributed by atoms with Gasteiger partial charge in [-0.15, -0.1) is 0 Å². The third-order valence-corrected chi connectivity index (χ3v) is 4.48. The summed E-state index contributed by atoms with van der Waals surface area (Å²) in [5.74, 6) is 2.42. The van der Waals surface area contributed by atoms with Gasteiger partial charge in [-0.3, -0.25) is 4.79 Å². The molecule has 0 amide bonds. The van der Waals surface area contributed by atoms with Gasteiger partial charge in [0.25, 0.3) is 0 Å². The molecule has 2 aromatic rings. The fraction of sp³-hybridized carbons (Fsp3) is 0.320. The number of carbonyl (C=O) groups is 1. The number of hydrogen-bond acceptors (Lipinski definition) is 7. The summed E-state index contributed by atoms with van der Waals surface area (Å²) in [6.45, 7) is 4.24. The molecular formula is C25H30O7. The van der Waals surface area contributed by atoms with Gasteiger partial charge in [0, 0.05) is 12.2 Å². The molecule has 172 valence electrons. The second-order valence-electron chi connectivity index (χ2n) is 6.54. The molecule has 0 aromatic heterocycles. The van der Waals surface area contributed by atoms with Gasteiger partial charge in [-0.25, -0.2) is 0 Å². The highest BCUT2D eigenvalue weighted by atomic mass is 16.7. The third kappa shape index (κ3) is 6.52. The first-order valence-electron chi connectivity index (χ1n) is 10.1. The summed E-state index contributed by atoms with van der Waals surface area (Å²) in [5.41, 5.74) is 1.48. The lowest BCUT2D eigenvalue weighted by Gasteiger charge is -2.17. The van der Waals surface area contributed by atoms with E-state index in [1.165, 1.54) is 26.4 Å². The number of allylic oxidation sites excluding steroid dienone is 2. The van der Waals surface area contributed by atoms with Gasteiger partial charge in [-0.2, -0.15) is 0 Å². The number of hydrogen-bond donors (Lipinski definition) is 0. The molecule has 0 bridgehead atoms. The van der Waals surface area contributed by atoms with E-state index in [1.54, 1.807) is 50.6 Å². The van der Waals surface area contributed by atoms with Crippen LogP contribution in [0.4, 0.5) is 0 Å². The minimum atomic E-state index is -0.422. The summed E-state index contributed by atoms with van der Waals surface area (Å²) in [4.78, 5) is 12.4. The molecule has 7 nitrogen and oxygen atoms in total. The van der Waals surface area contributed by atoms with Crippen molar-refractivity contribution in [3.05, 3.63) is 53.6 Å². The van der Waals surface area contributed by atoms with Gasteiger partial charge < -0.3 is 28.4 Å². The lowest BCUT2D eigenvalue weighted by Crippen LogP contribution is -2.16. The number of benzene rings is 2. The van der Waals surface area contributed by atoms with E-state index >= 15 is 0 Å².